The van der Waals surface area contributed by atoms with Gasteiger partial charge in [-0.15, -0.1) is 0 Å². The minimum Gasteiger partial charge on any atom is -0.387 e. The molecular weight excluding hydrogens is 328 g/mol. The first-order chi connectivity index (χ1) is 12.5. The number of fused-ring (bicyclic) bond motifs is 1. The number of β-amino-alcohol motifs (C(OH)–C–C–N with tert-alkyl or cyclic N) is 1. The van der Waals surface area contributed by atoms with Crippen molar-refractivity contribution in [2.24, 2.45) is 0 Å². The van der Waals surface area contributed by atoms with Crippen LogP contribution in [0.3, 0.4) is 0 Å². The van der Waals surface area contributed by atoms with E-state index in [2.05, 4.69) is 39.1 Å². The number of aryl methyl sites for hydroxylation is 1. The van der Waals surface area contributed by atoms with E-state index < -0.39 is 5.60 Å². The Kier molecular flexibility index (Phi) is 4.46. The number of nitrogens with zero attached hydrogens (tertiary/aromatic N) is 4. The van der Waals surface area contributed by atoms with Crippen LogP contribution >= 0.6 is 0 Å². The molecule has 3 heterocycles. The number of amides is 1. The van der Waals surface area contributed by atoms with E-state index in [-0.39, 0.29) is 5.91 Å². The highest BCUT2D eigenvalue weighted by Gasteiger charge is 2.40. The van der Waals surface area contributed by atoms with Gasteiger partial charge in [0.25, 0.3) is 5.91 Å². The number of rotatable bonds is 3. The molecule has 0 radical (unpaired) electrons. The SMILES string of the molecule is Cc1cnc(C(=O)N2CC[C@](O)(CN3CCc4ccccc4C3)C2)cn1. The number of carbonyl (C=O) groups excluding carboxylic acids is 1. The lowest BCUT2D eigenvalue weighted by atomic mass is 9.97. The summed E-state index contributed by atoms with van der Waals surface area (Å²) in [6, 6.07) is 8.48. The van der Waals surface area contributed by atoms with Crippen molar-refractivity contribution in [3.05, 3.63) is 59.2 Å². The van der Waals surface area contributed by atoms with E-state index in [0.29, 0.717) is 31.7 Å². The Balaban J connectivity index is 1.39. The third-order valence-electron chi connectivity index (χ3n) is 5.35. The molecule has 0 spiro atoms. The van der Waals surface area contributed by atoms with Crippen LogP contribution in [0.2, 0.25) is 0 Å². The molecule has 0 saturated carbocycles. The summed E-state index contributed by atoms with van der Waals surface area (Å²) in [7, 11) is 0. The van der Waals surface area contributed by atoms with Crippen molar-refractivity contribution < 1.29 is 9.90 Å². The van der Waals surface area contributed by atoms with Crippen LogP contribution in [0.15, 0.2) is 36.7 Å². The number of hydrogen-bond acceptors (Lipinski definition) is 5. The fourth-order valence-electron chi connectivity index (χ4n) is 3.93. The minimum absolute atomic E-state index is 0.155. The van der Waals surface area contributed by atoms with Crippen LogP contribution in [0, 0.1) is 6.92 Å². The van der Waals surface area contributed by atoms with Crippen LogP contribution in [0.5, 0.6) is 0 Å². The van der Waals surface area contributed by atoms with Gasteiger partial charge in [0.15, 0.2) is 0 Å². The lowest BCUT2D eigenvalue weighted by Crippen LogP contribution is -2.47. The normalized spacial score (nSPS) is 23.1. The van der Waals surface area contributed by atoms with Crippen molar-refractivity contribution in [2.45, 2.75) is 31.9 Å². The van der Waals surface area contributed by atoms with Crippen molar-refractivity contribution in [3.63, 3.8) is 0 Å². The van der Waals surface area contributed by atoms with E-state index in [4.69, 9.17) is 0 Å². The fourth-order valence-corrected chi connectivity index (χ4v) is 3.93. The Morgan fingerprint density at radius 3 is 2.77 bits per heavy atom. The molecule has 4 rings (SSSR count). The van der Waals surface area contributed by atoms with Crippen molar-refractivity contribution >= 4 is 5.91 Å². The molecule has 6 nitrogen and oxygen atoms in total. The maximum Gasteiger partial charge on any atom is 0.274 e. The molecule has 1 fully saturated rings. The van der Waals surface area contributed by atoms with E-state index >= 15 is 0 Å². The second-order valence-corrected chi connectivity index (χ2v) is 7.47. The van der Waals surface area contributed by atoms with Crippen LogP contribution < -0.4 is 0 Å². The molecule has 2 aliphatic heterocycles. The highest BCUT2D eigenvalue weighted by atomic mass is 16.3. The van der Waals surface area contributed by atoms with E-state index in [1.807, 2.05) is 6.92 Å². The second-order valence-electron chi connectivity index (χ2n) is 7.47. The van der Waals surface area contributed by atoms with Gasteiger partial charge in [-0.25, -0.2) is 4.98 Å². The lowest BCUT2D eigenvalue weighted by Gasteiger charge is -2.34. The molecule has 1 amide bonds. The van der Waals surface area contributed by atoms with Crippen molar-refractivity contribution in [2.75, 3.05) is 26.2 Å². The summed E-state index contributed by atoms with van der Waals surface area (Å²) in [6.45, 7) is 5.12. The second kappa shape index (κ2) is 6.78. The summed E-state index contributed by atoms with van der Waals surface area (Å²) in [6.07, 6.45) is 4.71. The molecule has 2 aromatic rings. The maximum absolute atomic E-state index is 12.6. The largest absolute Gasteiger partial charge is 0.387 e. The molecule has 1 atom stereocenters. The number of aromatic nitrogens is 2. The molecular formula is C20H24N4O2. The molecule has 2 aliphatic rings. The number of likely N-dealkylation sites (tertiary alicyclic amines) is 1. The molecule has 0 aliphatic carbocycles. The number of aliphatic hydroxyl groups is 1. The summed E-state index contributed by atoms with van der Waals surface area (Å²) in [4.78, 5) is 24.9. The number of carbonyl (C=O) groups is 1. The zero-order valence-electron chi connectivity index (χ0n) is 15.1. The Hall–Kier alpha value is -2.31. The predicted octanol–water partition coefficient (Wildman–Crippen LogP) is 1.42. The van der Waals surface area contributed by atoms with Crippen LogP contribution in [0.1, 0.15) is 33.7 Å². The summed E-state index contributed by atoms with van der Waals surface area (Å²) in [5.74, 6) is -0.155. The molecule has 26 heavy (non-hydrogen) atoms. The van der Waals surface area contributed by atoms with E-state index in [0.717, 1.165) is 25.2 Å². The van der Waals surface area contributed by atoms with Gasteiger partial charge >= 0.3 is 0 Å². The highest BCUT2D eigenvalue weighted by molar-refractivity contribution is 5.92. The van der Waals surface area contributed by atoms with Gasteiger partial charge in [-0.1, -0.05) is 24.3 Å². The molecule has 1 aromatic carbocycles. The Morgan fingerprint density at radius 2 is 2.00 bits per heavy atom. The van der Waals surface area contributed by atoms with Crippen molar-refractivity contribution in [1.29, 1.82) is 0 Å². The molecule has 136 valence electrons. The average molecular weight is 352 g/mol. The van der Waals surface area contributed by atoms with Crippen molar-refractivity contribution in [1.82, 2.24) is 19.8 Å². The van der Waals surface area contributed by atoms with Gasteiger partial charge in [0, 0.05) is 32.4 Å². The first-order valence-corrected chi connectivity index (χ1v) is 9.12. The van der Waals surface area contributed by atoms with E-state index in [1.54, 1.807) is 11.1 Å². The quantitative estimate of drug-likeness (QED) is 0.905. The van der Waals surface area contributed by atoms with Gasteiger partial charge < -0.3 is 10.0 Å². The summed E-state index contributed by atoms with van der Waals surface area (Å²) in [5, 5.41) is 11.0. The smallest absolute Gasteiger partial charge is 0.274 e. The van der Waals surface area contributed by atoms with Crippen LogP contribution in [0.4, 0.5) is 0 Å². The summed E-state index contributed by atoms with van der Waals surface area (Å²) in [5.41, 5.74) is 3.00. The molecule has 1 aromatic heterocycles. The topological polar surface area (TPSA) is 69.6 Å². The maximum atomic E-state index is 12.6. The van der Waals surface area contributed by atoms with Gasteiger partial charge in [0.1, 0.15) is 5.69 Å². The average Bonchev–Trinajstić information content (AvgIpc) is 3.03. The number of benzene rings is 1. The zero-order valence-corrected chi connectivity index (χ0v) is 15.1. The predicted molar refractivity (Wildman–Crippen MR) is 97.7 cm³/mol. The lowest BCUT2D eigenvalue weighted by molar-refractivity contribution is 0.00799. The van der Waals surface area contributed by atoms with E-state index in [1.165, 1.54) is 17.3 Å². The standard InChI is InChI=1S/C20H24N4O2/c1-15-10-22-18(11-21-15)19(25)24-9-7-20(26,14-24)13-23-8-6-16-4-2-3-5-17(16)12-23/h2-5,10-11,26H,6-9,12-14H2,1H3/t20-/m0/s1. The minimum atomic E-state index is -0.861. The molecule has 0 bridgehead atoms. The Labute approximate surface area is 153 Å². The Bertz CT molecular complexity index is 808. The van der Waals surface area contributed by atoms with Crippen LogP contribution in [-0.4, -0.2) is 62.6 Å². The number of hydrogen-bond donors (Lipinski definition) is 1. The molecule has 0 unspecified atom stereocenters. The highest BCUT2D eigenvalue weighted by Crippen LogP contribution is 2.26. The molecule has 1 N–H and O–H groups in total. The van der Waals surface area contributed by atoms with Gasteiger partial charge in [-0.05, 0) is 30.9 Å². The third-order valence-corrected chi connectivity index (χ3v) is 5.35. The molecule has 1 saturated heterocycles. The van der Waals surface area contributed by atoms with E-state index in [9.17, 15) is 9.90 Å². The molecule has 6 heteroatoms. The summed E-state index contributed by atoms with van der Waals surface area (Å²) < 4.78 is 0. The van der Waals surface area contributed by atoms with Gasteiger partial charge in [-0.3, -0.25) is 14.7 Å². The fraction of sp³-hybridized carbons (Fsp3) is 0.450. The van der Waals surface area contributed by atoms with Gasteiger partial charge in [-0.2, -0.15) is 0 Å². The first-order valence-electron chi connectivity index (χ1n) is 9.12. The Morgan fingerprint density at radius 1 is 1.19 bits per heavy atom. The third kappa shape index (κ3) is 3.48. The summed E-state index contributed by atoms with van der Waals surface area (Å²) >= 11 is 0. The first kappa shape index (κ1) is 17.1. The monoisotopic (exact) mass is 352 g/mol. The van der Waals surface area contributed by atoms with Crippen molar-refractivity contribution in [3.8, 4) is 0 Å². The van der Waals surface area contributed by atoms with Gasteiger partial charge in [0.05, 0.1) is 24.0 Å². The van der Waals surface area contributed by atoms with Crippen LogP contribution in [0.25, 0.3) is 0 Å². The zero-order chi connectivity index (χ0) is 18.1. The van der Waals surface area contributed by atoms with Crippen LogP contribution in [-0.2, 0) is 13.0 Å². The van der Waals surface area contributed by atoms with Gasteiger partial charge in [0.2, 0.25) is 0 Å².